The number of hydrogen-bond acceptors (Lipinski definition) is 4. The lowest BCUT2D eigenvalue weighted by molar-refractivity contribution is -0.141. The van der Waals surface area contributed by atoms with E-state index in [1.165, 1.54) is 5.56 Å². The van der Waals surface area contributed by atoms with Gasteiger partial charge in [-0.25, -0.2) is 4.98 Å². The number of ether oxygens (including phenoxy) is 1. The molecule has 1 N–H and O–H groups in total. The van der Waals surface area contributed by atoms with Crippen LogP contribution in [0.15, 0.2) is 66.9 Å². The van der Waals surface area contributed by atoms with Crippen molar-refractivity contribution in [2.24, 2.45) is 11.3 Å². The Hall–Kier alpha value is -2.96. The Labute approximate surface area is 209 Å². The summed E-state index contributed by atoms with van der Waals surface area (Å²) in [5.74, 6) is 1.34. The summed E-state index contributed by atoms with van der Waals surface area (Å²) in [5.41, 5.74) is 2.96. The molecule has 0 spiro atoms. The van der Waals surface area contributed by atoms with E-state index in [1.807, 2.05) is 29.2 Å². The van der Waals surface area contributed by atoms with Gasteiger partial charge in [-0.2, -0.15) is 0 Å². The number of carbonyl (C=O) groups is 1. The minimum atomic E-state index is -0.233. The fraction of sp³-hybridized carbons (Fsp3) is 0.448. The van der Waals surface area contributed by atoms with E-state index in [-0.39, 0.29) is 24.0 Å². The third kappa shape index (κ3) is 6.19. The molecule has 6 nitrogen and oxygen atoms in total. The van der Waals surface area contributed by atoms with E-state index in [2.05, 4.69) is 73.3 Å². The van der Waals surface area contributed by atoms with Gasteiger partial charge >= 0.3 is 0 Å². The summed E-state index contributed by atoms with van der Waals surface area (Å²) in [6.07, 6.45) is 3.20. The number of amides is 1. The highest BCUT2D eigenvalue weighted by atomic mass is 16.5. The van der Waals surface area contributed by atoms with E-state index < -0.39 is 0 Å². The Kier molecular flexibility index (Phi) is 8.04. The molecule has 1 aliphatic heterocycles. The molecule has 35 heavy (non-hydrogen) atoms. The number of nitrogens with one attached hydrogen (secondary N) is 1. The van der Waals surface area contributed by atoms with Gasteiger partial charge in [-0.3, -0.25) is 4.79 Å². The highest BCUT2D eigenvalue weighted by Gasteiger charge is 2.39. The normalized spacial score (nSPS) is 16.9. The molecular formula is C29H38N4O2. The van der Waals surface area contributed by atoms with Crippen molar-refractivity contribution in [3.8, 4) is 11.3 Å². The average molecular weight is 475 g/mol. The first kappa shape index (κ1) is 25.1. The van der Waals surface area contributed by atoms with Crippen molar-refractivity contribution < 1.29 is 9.53 Å². The third-order valence-corrected chi connectivity index (χ3v) is 6.65. The second-order valence-corrected chi connectivity index (χ2v) is 10.6. The number of rotatable bonds is 9. The lowest BCUT2D eigenvalue weighted by Crippen LogP contribution is -2.46. The van der Waals surface area contributed by atoms with E-state index in [0.717, 1.165) is 36.6 Å². The van der Waals surface area contributed by atoms with Gasteiger partial charge in [0, 0.05) is 32.0 Å². The first-order valence-electron chi connectivity index (χ1n) is 12.5. The molecule has 0 bridgehead atoms. The zero-order valence-corrected chi connectivity index (χ0v) is 21.4. The maximum atomic E-state index is 13.5. The van der Waals surface area contributed by atoms with Gasteiger partial charge in [-0.05, 0) is 36.4 Å². The van der Waals surface area contributed by atoms with Crippen LogP contribution in [0.1, 0.15) is 44.6 Å². The average Bonchev–Trinajstić information content (AvgIpc) is 3.50. The molecule has 1 aromatic heterocycles. The minimum absolute atomic E-state index is 0.00912. The van der Waals surface area contributed by atoms with Crippen LogP contribution in [0.25, 0.3) is 11.3 Å². The summed E-state index contributed by atoms with van der Waals surface area (Å²) < 4.78 is 7.54. The fourth-order valence-electron chi connectivity index (χ4n) is 5.00. The van der Waals surface area contributed by atoms with Crippen LogP contribution in [0.5, 0.6) is 0 Å². The summed E-state index contributed by atoms with van der Waals surface area (Å²) in [7, 11) is 1.59. The number of methoxy groups -OCH3 is 1. The van der Waals surface area contributed by atoms with Crippen LogP contribution in [0.4, 0.5) is 0 Å². The molecule has 1 saturated heterocycles. The van der Waals surface area contributed by atoms with E-state index in [4.69, 9.17) is 9.72 Å². The smallest absolute Gasteiger partial charge is 0.249 e. The van der Waals surface area contributed by atoms with Gasteiger partial charge in [0.05, 0.1) is 11.7 Å². The quantitative estimate of drug-likeness (QED) is 0.485. The van der Waals surface area contributed by atoms with E-state index in [0.29, 0.717) is 19.0 Å². The Morgan fingerprint density at radius 1 is 1.14 bits per heavy atom. The van der Waals surface area contributed by atoms with Crippen molar-refractivity contribution in [3.05, 3.63) is 78.2 Å². The van der Waals surface area contributed by atoms with Crippen LogP contribution in [-0.2, 0) is 16.1 Å². The van der Waals surface area contributed by atoms with Gasteiger partial charge in [0.1, 0.15) is 12.4 Å². The second-order valence-electron chi connectivity index (χ2n) is 10.6. The van der Waals surface area contributed by atoms with Crippen molar-refractivity contribution in [3.63, 3.8) is 0 Å². The van der Waals surface area contributed by atoms with E-state index >= 15 is 0 Å². The topological polar surface area (TPSA) is 59.4 Å². The van der Waals surface area contributed by atoms with Gasteiger partial charge in [0.2, 0.25) is 5.91 Å². The number of nitrogens with zero attached hydrogens (tertiary/aromatic N) is 3. The van der Waals surface area contributed by atoms with Gasteiger partial charge in [-0.15, -0.1) is 0 Å². The molecule has 2 atom stereocenters. The van der Waals surface area contributed by atoms with Crippen LogP contribution in [0.2, 0.25) is 0 Å². The highest BCUT2D eigenvalue weighted by Crippen LogP contribution is 2.39. The maximum Gasteiger partial charge on any atom is 0.249 e. The zero-order valence-electron chi connectivity index (χ0n) is 21.4. The molecule has 4 rings (SSSR count). The standard InChI is InChI=1S/C29H38N4O2/c1-29(2,3)27(33(26(34)21-35-4)19-23-15-16-30-17-23)28-31-25(24-13-9-6-10-14-24)20-32(28)18-22-11-7-5-8-12-22/h5-14,20,23,27,30H,15-19,21H2,1-4H3/t23-,27-/m0/s1. The Balaban J connectivity index is 1.81. The number of carbonyl (C=O) groups excluding carboxylic acids is 1. The second kappa shape index (κ2) is 11.2. The minimum Gasteiger partial charge on any atom is -0.375 e. The molecule has 1 fully saturated rings. The molecule has 0 aliphatic carbocycles. The molecule has 186 valence electrons. The van der Waals surface area contributed by atoms with Gasteiger partial charge in [0.15, 0.2) is 0 Å². The van der Waals surface area contributed by atoms with Gasteiger partial charge in [0.25, 0.3) is 0 Å². The first-order valence-corrected chi connectivity index (χ1v) is 12.5. The summed E-state index contributed by atoms with van der Waals surface area (Å²) in [6.45, 7) is 9.97. The summed E-state index contributed by atoms with van der Waals surface area (Å²) in [5, 5.41) is 3.45. The fourth-order valence-corrected chi connectivity index (χ4v) is 5.00. The number of imidazole rings is 1. The van der Waals surface area contributed by atoms with E-state index in [1.54, 1.807) is 7.11 Å². The highest BCUT2D eigenvalue weighted by molar-refractivity contribution is 5.78. The molecule has 0 saturated carbocycles. The molecule has 6 heteroatoms. The Morgan fingerprint density at radius 3 is 2.43 bits per heavy atom. The lowest BCUT2D eigenvalue weighted by Gasteiger charge is -2.41. The molecule has 2 heterocycles. The van der Waals surface area contributed by atoms with Crippen molar-refractivity contribution in [2.75, 3.05) is 33.4 Å². The SMILES string of the molecule is COCC(=O)N(C[C@H]1CCNC1)[C@@H](c1nc(-c2ccccc2)cn1Cc1ccccc1)C(C)(C)C. The zero-order chi connectivity index (χ0) is 24.8. The maximum absolute atomic E-state index is 13.5. The molecule has 2 aromatic carbocycles. The summed E-state index contributed by atoms with van der Waals surface area (Å²) in [4.78, 5) is 20.7. The van der Waals surface area contributed by atoms with Crippen molar-refractivity contribution in [1.29, 1.82) is 0 Å². The van der Waals surface area contributed by atoms with Crippen molar-refractivity contribution >= 4 is 5.91 Å². The van der Waals surface area contributed by atoms with Gasteiger partial charge in [-0.1, -0.05) is 81.4 Å². The Bertz CT molecular complexity index is 1080. The molecule has 0 unspecified atom stereocenters. The predicted octanol–water partition coefficient (Wildman–Crippen LogP) is 4.77. The van der Waals surface area contributed by atoms with Crippen molar-refractivity contribution in [2.45, 2.75) is 39.8 Å². The monoisotopic (exact) mass is 474 g/mol. The predicted molar refractivity (Wildman–Crippen MR) is 140 cm³/mol. The third-order valence-electron chi connectivity index (χ3n) is 6.65. The van der Waals surface area contributed by atoms with Crippen LogP contribution in [0.3, 0.4) is 0 Å². The molecule has 3 aromatic rings. The number of benzene rings is 2. The first-order chi connectivity index (χ1) is 16.9. The summed E-state index contributed by atoms with van der Waals surface area (Å²) in [6, 6.07) is 20.5. The molecular weight excluding hydrogens is 436 g/mol. The van der Waals surface area contributed by atoms with Crippen LogP contribution >= 0.6 is 0 Å². The summed E-state index contributed by atoms with van der Waals surface area (Å²) >= 11 is 0. The lowest BCUT2D eigenvalue weighted by atomic mass is 9.84. The molecule has 1 amide bonds. The van der Waals surface area contributed by atoms with Crippen LogP contribution in [0, 0.1) is 11.3 Å². The molecule has 1 aliphatic rings. The molecule has 0 radical (unpaired) electrons. The van der Waals surface area contributed by atoms with E-state index in [9.17, 15) is 4.79 Å². The largest absolute Gasteiger partial charge is 0.375 e. The van der Waals surface area contributed by atoms with Crippen LogP contribution < -0.4 is 5.32 Å². The Morgan fingerprint density at radius 2 is 1.83 bits per heavy atom. The number of hydrogen-bond donors (Lipinski definition) is 1. The van der Waals surface area contributed by atoms with Crippen LogP contribution in [-0.4, -0.2) is 53.7 Å². The number of aromatic nitrogens is 2. The van der Waals surface area contributed by atoms with Gasteiger partial charge < -0.3 is 19.5 Å². The van der Waals surface area contributed by atoms with Crippen molar-refractivity contribution in [1.82, 2.24) is 19.8 Å².